The molecule has 2 rings (SSSR count). The summed E-state index contributed by atoms with van der Waals surface area (Å²) < 4.78 is 11.3. The van der Waals surface area contributed by atoms with Crippen molar-refractivity contribution in [2.75, 3.05) is 25.1 Å². The van der Waals surface area contributed by atoms with Crippen LogP contribution in [0, 0.1) is 0 Å². The van der Waals surface area contributed by atoms with Gasteiger partial charge in [0.2, 0.25) is 5.88 Å². The van der Waals surface area contributed by atoms with Gasteiger partial charge in [-0.05, 0) is 25.5 Å². The van der Waals surface area contributed by atoms with Crippen LogP contribution in [0.4, 0.5) is 5.82 Å². The molecule has 1 N–H and O–H groups in total. The minimum atomic E-state index is 0.449. The van der Waals surface area contributed by atoms with Gasteiger partial charge in [-0.15, -0.1) is 0 Å². The van der Waals surface area contributed by atoms with Crippen molar-refractivity contribution in [3.8, 4) is 11.6 Å². The molecule has 21 heavy (non-hydrogen) atoms. The largest absolute Gasteiger partial charge is 0.490 e. The number of aromatic nitrogens is 2. The Hall–Kier alpha value is -2.30. The molecule has 0 saturated heterocycles. The lowest BCUT2D eigenvalue weighted by Crippen LogP contribution is -2.12. The van der Waals surface area contributed by atoms with Crippen LogP contribution >= 0.6 is 0 Å². The lowest BCUT2D eigenvalue weighted by atomic mass is 10.2. The van der Waals surface area contributed by atoms with Crippen LogP contribution in [0.25, 0.3) is 0 Å². The van der Waals surface area contributed by atoms with E-state index in [2.05, 4.69) is 22.2 Å². The summed E-state index contributed by atoms with van der Waals surface area (Å²) >= 11 is 0. The Morgan fingerprint density at radius 1 is 1.00 bits per heavy atom. The van der Waals surface area contributed by atoms with Crippen molar-refractivity contribution in [3.63, 3.8) is 0 Å². The van der Waals surface area contributed by atoms with Crippen molar-refractivity contribution in [1.82, 2.24) is 9.97 Å². The molecule has 1 aromatic heterocycles. The van der Waals surface area contributed by atoms with Gasteiger partial charge in [-0.1, -0.05) is 25.1 Å². The van der Waals surface area contributed by atoms with E-state index in [0.717, 1.165) is 30.1 Å². The second-order valence-electron chi connectivity index (χ2n) is 4.40. The average Bonchev–Trinajstić information content (AvgIpc) is 2.53. The third-order valence-corrected chi connectivity index (χ3v) is 2.94. The Morgan fingerprint density at radius 2 is 1.76 bits per heavy atom. The summed E-state index contributed by atoms with van der Waals surface area (Å²) in [5.74, 6) is 2.31. The molecular formula is C16H21N3O2. The number of anilines is 1. The first-order chi connectivity index (χ1) is 10.3. The molecule has 5 nitrogen and oxygen atoms in total. The molecule has 0 aliphatic heterocycles. The minimum Gasteiger partial charge on any atom is -0.490 e. The molecule has 0 atom stereocenters. The Labute approximate surface area is 125 Å². The van der Waals surface area contributed by atoms with Gasteiger partial charge in [0, 0.05) is 6.54 Å². The highest BCUT2D eigenvalue weighted by atomic mass is 16.5. The summed E-state index contributed by atoms with van der Waals surface area (Å²) in [6.45, 7) is 5.85. The van der Waals surface area contributed by atoms with Crippen molar-refractivity contribution in [2.45, 2.75) is 20.3 Å². The first kappa shape index (κ1) is 15.1. The number of rotatable bonds is 8. The first-order valence-corrected chi connectivity index (χ1v) is 7.23. The zero-order valence-corrected chi connectivity index (χ0v) is 12.5. The SMILES string of the molecule is CCNc1ncnc(OCCOc2ccccc2)c1CC. The Balaban J connectivity index is 1.89. The molecule has 2 aromatic rings. The average molecular weight is 287 g/mol. The van der Waals surface area contributed by atoms with E-state index in [1.165, 1.54) is 6.33 Å². The van der Waals surface area contributed by atoms with Gasteiger partial charge in [-0.3, -0.25) is 0 Å². The minimum absolute atomic E-state index is 0.449. The predicted octanol–water partition coefficient (Wildman–Crippen LogP) is 2.93. The van der Waals surface area contributed by atoms with Gasteiger partial charge in [-0.2, -0.15) is 0 Å². The molecule has 0 saturated carbocycles. The zero-order chi connectivity index (χ0) is 14.9. The highest BCUT2D eigenvalue weighted by Crippen LogP contribution is 2.22. The monoisotopic (exact) mass is 287 g/mol. The van der Waals surface area contributed by atoms with Crippen molar-refractivity contribution < 1.29 is 9.47 Å². The third-order valence-electron chi connectivity index (χ3n) is 2.94. The van der Waals surface area contributed by atoms with Crippen molar-refractivity contribution in [2.24, 2.45) is 0 Å². The smallest absolute Gasteiger partial charge is 0.221 e. The molecule has 0 fully saturated rings. The van der Waals surface area contributed by atoms with Crippen molar-refractivity contribution in [3.05, 3.63) is 42.2 Å². The van der Waals surface area contributed by atoms with E-state index in [-0.39, 0.29) is 0 Å². The van der Waals surface area contributed by atoms with Crippen LogP contribution in [0.1, 0.15) is 19.4 Å². The maximum Gasteiger partial charge on any atom is 0.221 e. The molecule has 0 aliphatic carbocycles. The number of ether oxygens (including phenoxy) is 2. The van der Waals surface area contributed by atoms with Crippen molar-refractivity contribution in [1.29, 1.82) is 0 Å². The zero-order valence-electron chi connectivity index (χ0n) is 12.5. The Bertz CT molecular complexity index is 546. The highest BCUT2D eigenvalue weighted by Gasteiger charge is 2.10. The summed E-state index contributed by atoms with van der Waals surface area (Å²) in [6, 6.07) is 9.69. The first-order valence-electron chi connectivity index (χ1n) is 7.23. The fraction of sp³-hybridized carbons (Fsp3) is 0.375. The lowest BCUT2D eigenvalue weighted by Gasteiger charge is -2.13. The summed E-state index contributed by atoms with van der Waals surface area (Å²) in [4.78, 5) is 8.45. The number of para-hydroxylation sites is 1. The Kier molecular flexibility index (Phi) is 5.82. The maximum absolute atomic E-state index is 5.72. The van der Waals surface area contributed by atoms with E-state index in [4.69, 9.17) is 9.47 Å². The van der Waals surface area contributed by atoms with Crippen LogP contribution < -0.4 is 14.8 Å². The predicted molar refractivity (Wildman–Crippen MR) is 83.0 cm³/mol. The molecule has 0 radical (unpaired) electrons. The van der Waals surface area contributed by atoms with Gasteiger partial charge < -0.3 is 14.8 Å². The van der Waals surface area contributed by atoms with Crippen molar-refractivity contribution >= 4 is 5.82 Å². The number of benzene rings is 1. The van der Waals surface area contributed by atoms with Gasteiger partial charge >= 0.3 is 0 Å². The van der Waals surface area contributed by atoms with Gasteiger partial charge in [0.15, 0.2) is 0 Å². The fourth-order valence-corrected chi connectivity index (χ4v) is 1.97. The van der Waals surface area contributed by atoms with Crippen LogP contribution in [0.3, 0.4) is 0 Å². The molecule has 0 aliphatic rings. The van der Waals surface area contributed by atoms with E-state index in [9.17, 15) is 0 Å². The van der Waals surface area contributed by atoms with Crippen LogP contribution in [0.2, 0.25) is 0 Å². The summed E-state index contributed by atoms with van der Waals surface area (Å²) in [7, 11) is 0. The highest BCUT2D eigenvalue weighted by molar-refractivity contribution is 5.48. The molecule has 112 valence electrons. The molecule has 1 heterocycles. The van der Waals surface area contributed by atoms with Crippen LogP contribution in [0.15, 0.2) is 36.7 Å². The number of nitrogens with zero attached hydrogens (tertiary/aromatic N) is 2. The molecule has 0 amide bonds. The van der Waals surface area contributed by atoms with Gasteiger partial charge in [-0.25, -0.2) is 9.97 Å². The topological polar surface area (TPSA) is 56.3 Å². The van der Waals surface area contributed by atoms with E-state index in [1.54, 1.807) is 0 Å². The maximum atomic E-state index is 5.72. The van der Waals surface area contributed by atoms with Gasteiger partial charge in [0.05, 0.1) is 5.56 Å². The third kappa shape index (κ3) is 4.34. The quantitative estimate of drug-likeness (QED) is 0.757. The molecular weight excluding hydrogens is 266 g/mol. The standard InChI is InChI=1S/C16H21N3O2/c1-3-14-15(17-4-2)18-12-19-16(14)21-11-10-20-13-8-6-5-7-9-13/h5-9,12H,3-4,10-11H2,1-2H3,(H,17,18,19). The van der Waals surface area contributed by atoms with E-state index in [1.807, 2.05) is 37.3 Å². The number of nitrogens with one attached hydrogen (secondary N) is 1. The Morgan fingerprint density at radius 3 is 2.48 bits per heavy atom. The summed E-state index contributed by atoms with van der Waals surface area (Å²) in [5, 5.41) is 3.22. The van der Waals surface area contributed by atoms with Gasteiger partial charge in [0.25, 0.3) is 0 Å². The molecule has 0 spiro atoms. The summed E-state index contributed by atoms with van der Waals surface area (Å²) in [5.41, 5.74) is 0.999. The van der Waals surface area contributed by atoms with E-state index in [0.29, 0.717) is 19.1 Å². The van der Waals surface area contributed by atoms with Crippen LogP contribution in [-0.4, -0.2) is 29.7 Å². The van der Waals surface area contributed by atoms with Gasteiger partial charge in [0.1, 0.15) is 31.1 Å². The number of hydrogen-bond acceptors (Lipinski definition) is 5. The molecule has 0 bridgehead atoms. The van der Waals surface area contributed by atoms with E-state index >= 15 is 0 Å². The molecule has 1 aromatic carbocycles. The van der Waals surface area contributed by atoms with E-state index < -0.39 is 0 Å². The summed E-state index contributed by atoms with van der Waals surface area (Å²) in [6.07, 6.45) is 2.34. The molecule has 5 heteroatoms. The lowest BCUT2D eigenvalue weighted by molar-refractivity contribution is 0.210. The number of hydrogen-bond donors (Lipinski definition) is 1. The second kappa shape index (κ2) is 8.09. The fourth-order valence-electron chi connectivity index (χ4n) is 1.97. The normalized spacial score (nSPS) is 10.2. The molecule has 0 unspecified atom stereocenters. The van der Waals surface area contributed by atoms with Crippen LogP contribution in [0.5, 0.6) is 11.6 Å². The second-order valence-corrected chi connectivity index (χ2v) is 4.40. The van der Waals surface area contributed by atoms with Crippen LogP contribution in [-0.2, 0) is 6.42 Å².